The van der Waals surface area contributed by atoms with E-state index in [0.29, 0.717) is 13.0 Å². The molecule has 0 amide bonds. The van der Waals surface area contributed by atoms with E-state index >= 15 is 0 Å². The molecule has 3 heteroatoms. The van der Waals surface area contributed by atoms with Gasteiger partial charge in [-0.2, -0.15) is 0 Å². The number of alkyl halides is 1. The van der Waals surface area contributed by atoms with Crippen molar-refractivity contribution in [2.24, 2.45) is 0 Å². The summed E-state index contributed by atoms with van der Waals surface area (Å²) in [5, 5.41) is 3.48. The molecule has 0 saturated heterocycles. The average Bonchev–Trinajstić information content (AvgIpc) is 2.52. The quantitative estimate of drug-likeness (QED) is 0.386. The Morgan fingerprint density at radius 1 is 1.00 bits per heavy atom. The van der Waals surface area contributed by atoms with Gasteiger partial charge in [0.15, 0.2) is 0 Å². The van der Waals surface area contributed by atoms with Gasteiger partial charge >= 0.3 is 5.97 Å². The number of halogens is 1. The smallest absolute Gasteiger partial charge is 0.305 e. The van der Waals surface area contributed by atoms with Crippen molar-refractivity contribution in [2.75, 3.05) is 11.9 Å². The molecule has 0 aliphatic carbocycles. The van der Waals surface area contributed by atoms with Gasteiger partial charge in [-0.05, 0) is 29.2 Å². The lowest BCUT2D eigenvalue weighted by atomic mass is 10.0. The van der Waals surface area contributed by atoms with Gasteiger partial charge in [0, 0.05) is 18.2 Å². The van der Waals surface area contributed by atoms with E-state index in [0.717, 1.165) is 31.0 Å². The van der Waals surface area contributed by atoms with Crippen LogP contribution in [0.3, 0.4) is 0 Å². The molecule has 0 N–H and O–H groups in total. The zero-order valence-corrected chi connectivity index (χ0v) is 13.8. The SMILES string of the molecule is O=C(CCCCCBr)OCCc1cccc2ccccc12. The summed E-state index contributed by atoms with van der Waals surface area (Å²) >= 11 is 3.39. The molecule has 0 aliphatic heterocycles. The highest BCUT2D eigenvalue weighted by Crippen LogP contribution is 2.18. The van der Waals surface area contributed by atoms with E-state index in [1.165, 1.54) is 16.3 Å². The molecule has 21 heavy (non-hydrogen) atoms. The largest absolute Gasteiger partial charge is 0.465 e. The molecule has 0 unspecified atom stereocenters. The summed E-state index contributed by atoms with van der Waals surface area (Å²) < 4.78 is 5.32. The van der Waals surface area contributed by atoms with Crippen molar-refractivity contribution in [3.63, 3.8) is 0 Å². The van der Waals surface area contributed by atoms with Crippen LogP contribution in [0.5, 0.6) is 0 Å². The van der Waals surface area contributed by atoms with Crippen molar-refractivity contribution >= 4 is 32.7 Å². The number of fused-ring (bicyclic) bond motifs is 1. The van der Waals surface area contributed by atoms with E-state index in [4.69, 9.17) is 4.74 Å². The third kappa shape index (κ3) is 5.16. The molecule has 2 rings (SSSR count). The molecule has 0 fully saturated rings. The van der Waals surface area contributed by atoms with Crippen LogP contribution in [0.4, 0.5) is 0 Å². The summed E-state index contributed by atoms with van der Waals surface area (Å²) in [5.74, 6) is -0.0789. The molecule has 0 heterocycles. The second-order valence-corrected chi connectivity index (χ2v) is 5.90. The monoisotopic (exact) mass is 348 g/mol. The van der Waals surface area contributed by atoms with Crippen LogP contribution in [0.1, 0.15) is 31.2 Å². The standard InChI is InChI=1S/C18H21BrO2/c19-13-5-1-2-11-18(20)21-14-12-16-9-6-8-15-7-3-4-10-17(15)16/h3-4,6-10H,1-2,5,11-14H2. The van der Waals surface area contributed by atoms with Gasteiger partial charge in [-0.3, -0.25) is 4.79 Å². The van der Waals surface area contributed by atoms with E-state index in [-0.39, 0.29) is 5.97 Å². The molecule has 0 atom stereocenters. The zero-order valence-electron chi connectivity index (χ0n) is 12.2. The van der Waals surface area contributed by atoms with Crippen LogP contribution >= 0.6 is 15.9 Å². The fraction of sp³-hybridized carbons (Fsp3) is 0.389. The molecule has 2 nitrogen and oxygen atoms in total. The van der Waals surface area contributed by atoms with E-state index in [9.17, 15) is 4.79 Å². The van der Waals surface area contributed by atoms with Crippen molar-refractivity contribution in [1.82, 2.24) is 0 Å². The van der Waals surface area contributed by atoms with Crippen molar-refractivity contribution in [2.45, 2.75) is 32.1 Å². The minimum absolute atomic E-state index is 0.0789. The maximum Gasteiger partial charge on any atom is 0.305 e. The minimum Gasteiger partial charge on any atom is -0.465 e. The van der Waals surface area contributed by atoms with Crippen LogP contribution in [-0.2, 0) is 16.0 Å². The van der Waals surface area contributed by atoms with Gasteiger partial charge in [0.2, 0.25) is 0 Å². The van der Waals surface area contributed by atoms with Gasteiger partial charge < -0.3 is 4.74 Å². The third-order valence-corrected chi connectivity index (χ3v) is 4.09. The first kappa shape index (κ1) is 16.0. The molecule has 2 aromatic rings. The topological polar surface area (TPSA) is 26.3 Å². The van der Waals surface area contributed by atoms with Gasteiger partial charge in [-0.25, -0.2) is 0 Å². The number of carbonyl (C=O) groups excluding carboxylic acids is 1. The predicted octanol–water partition coefficient (Wildman–Crippen LogP) is 4.88. The highest BCUT2D eigenvalue weighted by Gasteiger charge is 2.04. The Balaban J connectivity index is 1.78. The molecule has 0 aliphatic rings. The van der Waals surface area contributed by atoms with Crippen molar-refractivity contribution < 1.29 is 9.53 Å². The Labute approximate surface area is 134 Å². The first-order valence-corrected chi connectivity index (χ1v) is 8.61. The highest BCUT2D eigenvalue weighted by atomic mass is 79.9. The van der Waals surface area contributed by atoms with E-state index < -0.39 is 0 Å². The number of ether oxygens (including phenoxy) is 1. The van der Waals surface area contributed by atoms with Gasteiger partial charge in [-0.15, -0.1) is 0 Å². The minimum atomic E-state index is -0.0789. The number of esters is 1. The number of benzene rings is 2. The lowest BCUT2D eigenvalue weighted by Gasteiger charge is -2.08. The summed E-state index contributed by atoms with van der Waals surface area (Å²) in [6, 6.07) is 14.6. The molecular formula is C18H21BrO2. The Kier molecular flexibility index (Phi) is 6.74. The number of carbonyl (C=O) groups is 1. The zero-order chi connectivity index (χ0) is 14.9. The number of unbranched alkanes of at least 4 members (excludes halogenated alkanes) is 2. The number of hydrogen-bond acceptors (Lipinski definition) is 2. The van der Waals surface area contributed by atoms with Gasteiger partial charge in [0.25, 0.3) is 0 Å². The Morgan fingerprint density at radius 2 is 1.81 bits per heavy atom. The summed E-state index contributed by atoms with van der Waals surface area (Å²) in [6.07, 6.45) is 4.41. The molecule has 0 radical (unpaired) electrons. The van der Waals surface area contributed by atoms with Crippen molar-refractivity contribution in [1.29, 1.82) is 0 Å². The number of rotatable bonds is 8. The second kappa shape index (κ2) is 8.83. The molecule has 0 saturated carbocycles. The Bertz CT molecular complexity index is 575. The van der Waals surface area contributed by atoms with Gasteiger partial charge in [0.05, 0.1) is 6.61 Å². The molecule has 0 spiro atoms. The lowest BCUT2D eigenvalue weighted by Crippen LogP contribution is -2.07. The van der Waals surface area contributed by atoms with E-state index in [1.807, 2.05) is 12.1 Å². The van der Waals surface area contributed by atoms with Crippen LogP contribution in [-0.4, -0.2) is 17.9 Å². The third-order valence-electron chi connectivity index (χ3n) is 3.53. The summed E-state index contributed by atoms with van der Waals surface area (Å²) in [6.45, 7) is 0.464. The molecule has 0 aromatic heterocycles. The summed E-state index contributed by atoms with van der Waals surface area (Å²) in [7, 11) is 0. The van der Waals surface area contributed by atoms with E-state index in [2.05, 4.69) is 46.3 Å². The van der Waals surface area contributed by atoms with Crippen LogP contribution < -0.4 is 0 Å². The summed E-state index contributed by atoms with van der Waals surface area (Å²) in [5.41, 5.74) is 1.24. The van der Waals surface area contributed by atoms with Gasteiger partial charge in [0.1, 0.15) is 0 Å². The summed E-state index contributed by atoms with van der Waals surface area (Å²) in [4.78, 5) is 11.6. The van der Waals surface area contributed by atoms with E-state index in [1.54, 1.807) is 0 Å². The van der Waals surface area contributed by atoms with Crippen LogP contribution in [0.15, 0.2) is 42.5 Å². The van der Waals surface area contributed by atoms with Crippen molar-refractivity contribution in [3.8, 4) is 0 Å². The van der Waals surface area contributed by atoms with Crippen molar-refractivity contribution in [3.05, 3.63) is 48.0 Å². The molecular weight excluding hydrogens is 328 g/mol. The van der Waals surface area contributed by atoms with Gasteiger partial charge in [-0.1, -0.05) is 64.8 Å². The maximum absolute atomic E-state index is 11.6. The molecule has 0 bridgehead atoms. The Morgan fingerprint density at radius 3 is 2.67 bits per heavy atom. The second-order valence-electron chi connectivity index (χ2n) is 5.11. The Hall–Kier alpha value is -1.35. The fourth-order valence-electron chi connectivity index (χ4n) is 2.40. The molecule has 112 valence electrons. The molecule has 2 aromatic carbocycles. The van der Waals surface area contributed by atoms with Crippen LogP contribution in [0.25, 0.3) is 10.8 Å². The fourth-order valence-corrected chi connectivity index (χ4v) is 2.79. The highest BCUT2D eigenvalue weighted by molar-refractivity contribution is 9.09. The predicted molar refractivity (Wildman–Crippen MR) is 90.9 cm³/mol. The number of hydrogen-bond donors (Lipinski definition) is 0. The van der Waals surface area contributed by atoms with Crippen LogP contribution in [0.2, 0.25) is 0 Å². The average molecular weight is 349 g/mol. The lowest BCUT2D eigenvalue weighted by molar-refractivity contribution is -0.143. The van der Waals surface area contributed by atoms with Crippen LogP contribution in [0, 0.1) is 0 Å². The normalized spacial score (nSPS) is 10.7. The first-order chi connectivity index (χ1) is 10.3. The first-order valence-electron chi connectivity index (χ1n) is 7.49. The maximum atomic E-state index is 11.6.